The van der Waals surface area contributed by atoms with E-state index in [0.717, 1.165) is 0 Å². The normalized spacial score (nSPS) is 12.2. The summed E-state index contributed by atoms with van der Waals surface area (Å²) in [7, 11) is 0. The number of esters is 1. The summed E-state index contributed by atoms with van der Waals surface area (Å²) < 4.78 is 76.4. The molecule has 0 aliphatic heterocycles. The van der Waals surface area contributed by atoms with Gasteiger partial charge in [-0.1, -0.05) is 0 Å². The van der Waals surface area contributed by atoms with Crippen LogP contribution in [0.2, 0.25) is 0 Å². The molecule has 0 aliphatic carbocycles. The van der Waals surface area contributed by atoms with Gasteiger partial charge in [0.2, 0.25) is 34.8 Å². The van der Waals surface area contributed by atoms with Gasteiger partial charge in [-0.3, -0.25) is 9.59 Å². The molecule has 0 saturated heterocycles. The first-order valence-electron chi connectivity index (χ1n) is 7.56. The van der Waals surface area contributed by atoms with Gasteiger partial charge in [-0.15, -0.1) is 0 Å². The van der Waals surface area contributed by atoms with Crippen LogP contribution in [-0.2, 0) is 14.3 Å². The maximum absolute atomic E-state index is 13.6. The maximum atomic E-state index is 13.6. The largest absolute Gasteiger partial charge is 0.420 e. The molecular weight excluding hydrogens is 363 g/mol. The Hall–Kier alpha value is -2.03. The molecule has 0 aliphatic rings. The van der Waals surface area contributed by atoms with E-state index in [0.29, 0.717) is 0 Å². The number of benzene rings is 1. The smallest absolute Gasteiger partial charge is 0.319 e. The van der Waals surface area contributed by atoms with Gasteiger partial charge in [0.05, 0.1) is 17.6 Å². The van der Waals surface area contributed by atoms with Crippen LogP contribution in [0.3, 0.4) is 0 Å². The average Bonchev–Trinajstić information content (AvgIpc) is 2.52. The van der Waals surface area contributed by atoms with E-state index >= 15 is 0 Å². The Labute approximate surface area is 147 Å². The molecule has 0 aromatic heterocycles. The molecule has 9 heteroatoms. The quantitative estimate of drug-likeness (QED) is 0.234. The number of ether oxygens (including phenoxy) is 2. The molecule has 1 aromatic carbocycles. The van der Waals surface area contributed by atoms with Crippen LogP contribution in [0.15, 0.2) is 0 Å². The van der Waals surface area contributed by atoms with E-state index in [1.807, 2.05) is 0 Å². The standard InChI is InChI=1S/C17H19F5O4/c1-8(23)6-17(4,5)25-7-16(2,3)15(24)26-14-12(21)10(19)9(18)11(20)13(14)22/h6-7H2,1-5H3. The fourth-order valence-corrected chi connectivity index (χ4v) is 1.99. The number of rotatable bonds is 7. The maximum Gasteiger partial charge on any atom is 0.319 e. The number of carbonyl (C=O) groups excluding carboxylic acids is 2. The van der Waals surface area contributed by atoms with E-state index in [-0.39, 0.29) is 18.8 Å². The number of Topliss-reactive ketones (excluding diaryl/α,β-unsaturated/α-hetero) is 1. The molecule has 0 unspecified atom stereocenters. The van der Waals surface area contributed by atoms with Gasteiger partial charge < -0.3 is 9.47 Å². The molecule has 0 N–H and O–H groups in total. The van der Waals surface area contributed by atoms with Gasteiger partial charge in [0.1, 0.15) is 5.78 Å². The van der Waals surface area contributed by atoms with Gasteiger partial charge in [0.25, 0.3) is 0 Å². The number of ketones is 1. The molecular formula is C17H19F5O4. The number of hydrogen-bond acceptors (Lipinski definition) is 4. The number of hydrogen-bond donors (Lipinski definition) is 0. The Morgan fingerprint density at radius 1 is 0.846 bits per heavy atom. The minimum Gasteiger partial charge on any atom is -0.420 e. The van der Waals surface area contributed by atoms with E-state index in [1.54, 1.807) is 13.8 Å². The molecule has 1 rings (SSSR count). The van der Waals surface area contributed by atoms with E-state index < -0.39 is 51.8 Å². The SMILES string of the molecule is CC(=O)CC(C)(C)OCC(C)(C)C(=O)Oc1c(F)c(F)c(F)c(F)c1F. The monoisotopic (exact) mass is 382 g/mol. The van der Waals surface area contributed by atoms with Crippen LogP contribution in [0, 0.1) is 34.5 Å². The first kappa shape index (κ1) is 22.0. The van der Waals surface area contributed by atoms with Crippen molar-refractivity contribution in [2.45, 2.75) is 46.6 Å². The average molecular weight is 382 g/mol. The Morgan fingerprint density at radius 3 is 1.69 bits per heavy atom. The van der Waals surface area contributed by atoms with Gasteiger partial charge in [0.15, 0.2) is 0 Å². The Kier molecular flexibility index (Phi) is 6.51. The second-order valence-electron chi connectivity index (χ2n) is 7.10. The topological polar surface area (TPSA) is 52.6 Å². The molecule has 0 saturated carbocycles. The molecule has 0 fully saturated rings. The molecule has 0 heterocycles. The van der Waals surface area contributed by atoms with Crippen LogP contribution in [0.25, 0.3) is 0 Å². The molecule has 26 heavy (non-hydrogen) atoms. The third-order valence-corrected chi connectivity index (χ3v) is 3.42. The second-order valence-corrected chi connectivity index (χ2v) is 7.10. The van der Waals surface area contributed by atoms with Crippen LogP contribution in [0.4, 0.5) is 22.0 Å². The van der Waals surface area contributed by atoms with E-state index in [2.05, 4.69) is 4.74 Å². The lowest BCUT2D eigenvalue weighted by molar-refractivity contribution is -0.152. The zero-order valence-electron chi connectivity index (χ0n) is 14.9. The lowest BCUT2D eigenvalue weighted by Gasteiger charge is -2.30. The number of halogens is 5. The van der Waals surface area contributed by atoms with Crippen molar-refractivity contribution in [1.82, 2.24) is 0 Å². The Morgan fingerprint density at radius 2 is 1.27 bits per heavy atom. The van der Waals surface area contributed by atoms with Gasteiger partial charge >= 0.3 is 5.97 Å². The summed E-state index contributed by atoms with van der Waals surface area (Å²) in [6.07, 6.45) is 0.0514. The van der Waals surface area contributed by atoms with Crippen molar-refractivity contribution < 1.29 is 41.0 Å². The van der Waals surface area contributed by atoms with Crippen molar-refractivity contribution in [1.29, 1.82) is 0 Å². The summed E-state index contributed by atoms with van der Waals surface area (Å²) in [6.45, 7) is 6.82. The summed E-state index contributed by atoms with van der Waals surface area (Å²) in [4.78, 5) is 23.3. The van der Waals surface area contributed by atoms with Crippen LogP contribution >= 0.6 is 0 Å². The first-order chi connectivity index (χ1) is 11.7. The molecule has 146 valence electrons. The van der Waals surface area contributed by atoms with E-state index in [4.69, 9.17) is 4.74 Å². The van der Waals surface area contributed by atoms with Gasteiger partial charge in [0, 0.05) is 6.42 Å². The third-order valence-electron chi connectivity index (χ3n) is 3.42. The number of carbonyl (C=O) groups is 2. The van der Waals surface area contributed by atoms with Gasteiger partial charge in [-0.25, -0.2) is 13.2 Å². The predicted octanol–water partition coefficient (Wildman–Crippen LogP) is 4.09. The Balaban J connectivity index is 2.98. The molecule has 0 atom stereocenters. The minimum atomic E-state index is -2.35. The van der Waals surface area contributed by atoms with E-state index in [1.165, 1.54) is 20.8 Å². The lowest BCUT2D eigenvalue weighted by Crippen LogP contribution is -2.38. The zero-order valence-corrected chi connectivity index (χ0v) is 14.9. The summed E-state index contributed by atoms with van der Waals surface area (Å²) in [6, 6.07) is 0. The van der Waals surface area contributed by atoms with Crippen molar-refractivity contribution in [3.8, 4) is 5.75 Å². The highest BCUT2D eigenvalue weighted by atomic mass is 19.2. The zero-order chi connectivity index (χ0) is 20.4. The molecule has 0 amide bonds. The van der Waals surface area contributed by atoms with Crippen molar-refractivity contribution >= 4 is 11.8 Å². The lowest BCUT2D eigenvalue weighted by atomic mass is 9.94. The van der Waals surface area contributed by atoms with Crippen LogP contribution in [-0.4, -0.2) is 24.0 Å². The van der Waals surface area contributed by atoms with E-state index in [9.17, 15) is 31.5 Å². The van der Waals surface area contributed by atoms with Crippen molar-refractivity contribution in [2.75, 3.05) is 6.61 Å². The van der Waals surface area contributed by atoms with Crippen LogP contribution in [0.5, 0.6) is 5.75 Å². The predicted molar refractivity (Wildman–Crippen MR) is 81.0 cm³/mol. The van der Waals surface area contributed by atoms with Gasteiger partial charge in [-0.2, -0.15) is 8.78 Å². The summed E-state index contributed by atoms with van der Waals surface area (Å²) in [5.74, 6) is -14.4. The summed E-state index contributed by atoms with van der Waals surface area (Å²) in [5.41, 5.74) is -2.41. The summed E-state index contributed by atoms with van der Waals surface area (Å²) >= 11 is 0. The molecule has 0 radical (unpaired) electrons. The Bertz CT molecular complexity index is 699. The van der Waals surface area contributed by atoms with Crippen molar-refractivity contribution in [2.24, 2.45) is 5.41 Å². The highest BCUT2D eigenvalue weighted by Gasteiger charge is 2.36. The molecule has 4 nitrogen and oxygen atoms in total. The highest BCUT2D eigenvalue weighted by Crippen LogP contribution is 2.31. The first-order valence-corrected chi connectivity index (χ1v) is 7.56. The summed E-state index contributed by atoms with van der Waals surface area (Å²) in [5, 5.41) is 0. The van der Waals surface area contributed by atoms with Crippen LogP contribution < -0.4 is 4.74 Å². The fourth-order valence-electron chi connectivity index (χ4n) is 1.99. The fraction of sp³-hybridized carbons (Fsp3) is 0.529. The molecule has 1 aromatic rings. The van der Waals surface area contributed by atoms with Crippen LogP contribution in [0.1, 0.15) is 41.0 Å². The van der Waals surface area contributed by atoms with Crippen molar-refractivity contribution in [3.05, 3.63) is 29.1 Å². The second kappa shape index (κ2) is 7.69. The third kappa shape index (κ3) is 5.00. The molecule has 0 bridgehead atoms. The minimum absolute atomic E-state index is 0.0514. The van der Waals surface area contributed by atoms with Gasteiger partial charge in [-0.05, 0) is 34.6 Å². The van der Waals surface area contributed by atoms with Crippen molar-refractivity contribution in [3.63, 3.8) is 0 Å². The molecule has 0 spiro atoms. The highest BCUT2D eigenvalue weighted by molar-refractivity contribution is 5.78.